The lowest BCUT2D eigenvalue weighted by Gasteiger charge is -2.11. The number of nitrogens with one attached hydrogen (secondary N) is 1. The zero-order valence-electron chi connectivity index (χ0n) is 10.1. The second kappa shape index (κ2) is 4.96. The third-order valence-corrected chi connectivity index (χ3v) is 5.80. The van der Waals surface area contributed by atoms with E-state index in [1.165, 1.54) is 11.3 Å². The summed E-state index contributed by atoms with van der Waals surface area (Å²) in [7, 11) is -3.40. The van der Waals surface area contributed by atoms with Crippen LogP contribution in [0.2, 0.25) is 0 Å². The van der Waals surface area contributed by atoms with Gasteiger partial charge in [0.15, 0.2) is 0 Å². The number of fused-ring (bicyclic) bond motifs is 1. The van der Waals surface area contributed by atoms with Gasteiger partial charge in [-0.1, -0.05) is 24.3 Å². The van der Waals surface area contributed by atoms with E-state index in [9.17, 15) is 8.42 Å². The number of sulfonamides is 1. The number of thiophene rings is 1. The highest BCUT2D eigenvalue weighted by molar-refractivity contribution is 7.91. The maximum atomic E-state index is 12.0. The van der Waals surface area contributed by atoms with E-state index in [1.807, 2.05) is 24.3 Å². The average molecular weight is 295 g/mol. The molecule has 1 N–H and O–H groups in total. The Balaban J connectivity index is 1.63. The number of benzene rings is 1. The van der Waals surface area contributed by atoms with Crippen LogP contribution in [0, 0.1) is 0 Å². The molecule has 2 aromatic rings. The summed E-state index contributed by atoms with van der Waals surface area (Å²) in [6.07, 6.45) is 0.607. The maximum Gasteiger partial charge on any atom is 0.250 e. The number of hydrogen-bond acceptors (Lipinski definition) is 4. The summed E-state index contributed by atoms with van der Waals surface area (Å²) in [5.41, 5.74) is 1.13. The van der Waals surface area contributed by atoms with E-state index in [0.29, 0.717) is 4.21 Å². The molecular formula is C13H13NO3S2. The van der Waals surface area contributed by atoms with E-state index < -0.39 is 10.0 Å². The van der Waals surface area contributed by atoms with E-state index >= 15 is 0 Å². The molecule has 0 unspecified atom stereocenters. The molecule has 1 atom stereocenters. The van der Waals surface area contributed by atoms with Crippen molar-refractivity contribution in [3.05, 3.63) is 47.3 Å². The Morgan fingerprint density at radius 3 is 2.84 bits per heavy atom. The van der Waals surface area contributed by atoms with Gasteiger partial charge >= 0.3 is 0 Å². The lowest BCUT2D eigenvalue weighted by atomic mass is 10.1. The molecule has 3 rings (SSSR count). The first-order valence-corrected chi connectivity index (χ1v) is 8.29. The van der Waals surface area contributed by atoms with E-state index in [4.69, 9.17) is 4.74 Å². The van der Waals surface area contributed by atoms with Crippen LogP contribution in [0.1, 0.15) is 5.56 Å². The molecule has 1 aliphatic heterocycles. The fraction of sp³-hybridized carbons (Fsp3) is 0.231. The lowest BCUT2D eigenvalue weighted by Crippen LogP contribution is -2.34. The van der Waals surface area contributed by atoms with Crippen molar-refractivity contribution in [2.75, 3.05) is 6.54 Å². The van der Waals surface area contributed by atoms with Crippen molar-refractivity contribution in [3.63, 3.8) is 0 Å². The molecule has 0 saturated heterocycles. The lowest BCUT2D eigenvalue weighted by molar-refractivity contribution is 0.236. The van der Waals surface area contributed by atoms with E-state index in [0.717, 1.165) is 17.7 Å². The fourth-order valence-corrected chi connectivity index (χ4v) is 4.16. The van der Waals surface area contributed by atoms with E-state index in [2.05, 4.69) is 4.72 Å². The third-order valence-electron chi connectivity index (χ3n) is 2.97. The molecule has 100 valence electrons. The molecule has 0 saturated carbocycles. The van der Waals surface area contributed by atoms with Crippen molar-refractivity contribution < 1.29 is 13.2 Å². The van der Waals surface area contributed by atoms with Gasteiger partial charge in [0, 0.05) is 13.0 Å². The normalized spacial score (nSPS) is 18.0. The van der Waals surface area contributed by atoms with Crippen LogP contribution in [0.25, 0.3) is 0 Å². The predicted octanol–water partition coefficient (Wildman–Crippen LogP) is 2.03. The van der Waals surface area contributed by atoms with Crippen molar-refractivity contribution in [2.24, 2.45) is 0 Å². The minimum atomic E-state index is -3.40. The zero-order chi connectivity index (χ0) is 13.3. The van der Waals surface area contributed by atoms with Gasteiger partial charge in [-0.2, -0.15) is 0 Å². The molecule has 6 heteroatoms. The van der Waals surface area contributed by atoms with Gasteiger partial charge in [0.2, 0.25) is 10.0 Å². The summed E-state index contributed by atoms with van der Waals surface area (Å²) in [6.45, 7) is 0.287. The Morgan fingerprint density at radius 2 is 2.11 bits per heavy atom. The smallest absolute Gasteiger partial charge is 0.250 e. The summed E-state index contributed by atoms with van der Waals surface area (Å²) < 4.78 is 32.6. The monoisotopic (exact) mass is 295 g/mol. The number of rotatable bonds is 4. The summed E-state index contributed by atoms with van der Waals surface area (Å²) in [6, 6.07) is 11.1. The van der Waals surface area contributed by atoms with Gasteiger partial charge < -0.3 is 4.74 Å². The summed E-state index contributed by atoms with van der Waals surface area (Å²) in [5, 5.41) is 1.75. The highest BCUT2D eigenvalue weighted by Gasteiger charge is 2.24. The van der Waals surface area contributed by atoms with Crippen molar-refractivity contribution in [2.45, 2.75) is 16.7 Å². The third kappa shape index (κ3) is 2.65. The van der Waals surface area contributed by atoms with Gasteiger partial charge in [0.1, 0.15) is 16.1 Å². The van der Waals surface area contributed by atoms with Crippen molar-refractivity contribution in [1.82, 2.24) is 4.72 Å². The summed E-state index contributed by atoms with van der Waals surface area (Å²) in [4.78, 5) is 0. The molecule has 0 amide bonds. The number of ether oxygens (including phenoxy) is 1. The molecule has 0 radical (unpaired) electrons. The van der Waals surface area contributed by atoms with Crippen LogP contribution >= 0.6 is 11.3 Å². The van der Waals surface area contributed by atoms with Crippen molar-refractivity contribution in [1.29, 1.82) is 0 Å². The molecule has 4 nitrogen and oxygen atoms in total. The van der Waals surface area contributed by atoms with Crippen LogP contribution in [0.15, 0.2) is 46.0 Å². The van der Waals surface area contributed by atoms with Gasteiger partial charge in [-0.3, -0.25) is 0 Å². The van der Waals surface area contributed by atoms with Crippen LogP contribution in [-0.2, 0) is 16.4 Å². The molecule has 1 aromatic heterocycles. The molecule has 1 aliphatic rings. The number of hydrogen-bond donors (Lipinski definition) is 1. The first-order chi connectivity index (χ1) is 9.15. The fourth-order valence-electron chi connectivity index (χ4n) is 2.06. The summed E-state index contributed by atoms with van der Waals surface area (Å²) >= 11 is 1.21. The average Bonchev–Trinajstić information content (AvgIpc) is 3.05. The predicted molar refractivity (Wildman–Crippen MR) is 74.1 cm³/mol. The number of para-hydroxylation sites is 1. The molecule has 1 aromatic carbocycles. The molecule has 0 spiro atoms. The highest BCUT2D eigenvalue weighted by Crippen LogP contribution is 2.28. The van der Waals surface area contributed by atoms with Crippen LogP contribution in [-0.4, -0.2) is 21.1 Å². The topological polar surface area (TPSA) is 55.4 Å². The molecule has 0 fully saturated rings. The van der Waals surface area contributed by atoms with Gasteiger partial charge in [0.25, 0.3) is 0 Å². The minimum absolute atomic E-state index is 0.132. The Kier molecular flexibility index (Phi) is 3.30. The van der Waals surface area contributed by atoms with Crippen LogP contribution in [0.3, 0.4) is 0 Å². The maximum absolute atomic E-state index is 12.0. The van der Waals surface area contributed by atoms with Crippen molar-refractivity contribution in [3.8, 4) is 5.75 Å². The molecule has 0 aliphatic carbocycles. The Bertz CT molecular complexity index is 640. The van der Waals surface area contributed by atoms with Gasteiger partial charge in [-0.05, 0) is 23.1 Å². The molecular weight excluding hydrogens is 282 g/mol. The standard InChI is InChI=1S/C13H13NO3S2/c15-19(16,13-6-3-7-18-13)14-9-11-8-10-4-1-2-5-12(10)17-11/h1-7,11,14H,8-9H2/t11-/m1/s1. The Hall–Kier alpha value is -1.37. The van der Waals surface area contributed by atoms with Crippen LogP contribution in [0.5, 0.6) is 5.75 Å². The first-order valence-electron chi connectivity index (χ1n) is 5.93. The highest BCUT2D eigenvalue weighted by atomic mass is 32.2. The molecule has 0 bridgehead atoms. The van der Waals surface area contributed by atoms with Crippen LogP contribution in [0.4, 0.5) is 0 Å². The SMILES string of the molecule is O=S(=O)(NC[C@H]1Cc2ccccc2O1)c1cccs1. The largest absolute Gasteiger partial charge is 0.488 e. The van der Waals surface area contributed by atoms with Crippen LogP contribution < -0.4 is 9.46 Å². The quantitative estimate of drug-likeness (QED) is 0.939. The molecule has 2 heterocycles. The van der Waals surface area contributed by atoms with E-state index in [1.54, 1.807) is 17.5 Å². The molecule has 19 heavy (non-hydrogen) atoms. The first kappa shape index (κ1) is 12.7. The Morgan fingerprint density at radius 1 is 1.26 bits per heavy atom. The minimum Gasteiger partial charge on any atom is -0.488 e. The second-order valence-electron chi connectivity index (χ2n) is 4.34. The second-order valence-corrected chi connectivity index (χ2v) is 7.28. The van der Waals surface area contributed by atoms with Gasteiger partial charge in [0.05, 0.1) is 0 Å². The summed E-state index contributed by atoms with van der Waals surface area (Å²) in [5.74, 6) is 0.850. The van der Waals surface area contributed by atoms with Gasteiger partial charge in [-0.25, -0.2) is 13.1 Å². The van der Waals surface area contributed by atoms with Gasteiger partial charge in [-0.15, -0.1) is 11.3 Å². The van der Waals surface area contributed by atoms with Crippen molar-refractivity contribution >= 4 is 21.4 Å². The Labute approximate surface area is 116 Å². The zero-order valence-corrected chi connectivity index (χ0v) is 11.7. The van der Waals surface area contributed by atoms with E-state index in [-0.39, 0.29) is 12.6 Å².